The number of aliphatic hydroxyl groups is 1. The second kappa shape index (κ2) is 19.4. The summed E-state index contributed by atoms with van der Waals surface area (Å²) < 4.78 is 23.9. The van der Waals surface area contributed by atoms with E-state index >= 15 is 0 Å². The Bertz CT molecular complexity index is 1050. The third kappa shape index (κ3) is 13.0. The van der Waals surface area contributed by atoms with Gasteiger partial charge in [-0.25, -0.2) is 4.79 Å². The van der Waals surface area contributed by atoms with Gasteiger partial charge in [-0.3, -0.25) is 4.79 Å². The van der Waals surface area contributed by atoms with Gasteiger partial charge < -0.3 is 39.2 Å². The molecule has 0 spiro atoms. The van der Waals surface area contributed by atoms with Crippen molar-refractivity contribution < 1.29 is 33.6 Å². The van der Waals surface area contributed by atoms with E-state index < -0.39 is 6.10 Å². The van der Waals surface area contributed by atoms with Gasteiger partial charge in [-0.05, 0) is 110 Å². The molecule has 2 heterocycles. The van der Waals surface area contributed by atoms with Gasteiger partial charge >= 0.3 is 6.09 Å². The highest BCUT2D eigenvalue weighted by Gasteiger charge is 2.33. The molecule has 3 fully saturated rings. The molecule has 10 heteroatoms. The van der Waals surface area contributed by atoms with Crippen molar-refractivity contribution in [1.82, 2.24) is 15.1 Å². The number of aliphatic hydroxyl groups excluding tert-OH is 1. The van der Waals surface area contributed by atoms with Crippen LogP contribution < -0.4 is 5.32 Å². The van der Waals surface area contributed by atoms with Crippen LogP contribution in [0.2, 0.25) is 0 Å². The molecule has 48 heavy (non-hydrogen) atoms. The van der Waals surface area contributed by atoms with Gasteiger partial charge in [0.1, 0.15) is 6.10 Å². The van der Waals surface area contributed by atoms with E-state index in [1.807, 2.05) is 6.92 Å². The molecule has 0 aromatic heterocycles. The molecule has 1 saturated carbocycles. The minimum absolute atomic E-state index is 0.00392. The Morgan fingerprint density at radius 3 is 2.33 bits per heavy atom. The minimum Gasteiger partial charge on any atom is -0.449 e. The molecule has 0 bridgehead atoms. The molecule has 2 aliphatic heterocycles. The van der Waals surface area contributed by atoms with Crippen LogP contribution in [0, 0.1) is 23.7 Å². The largest absolute Gasteiger partial charge is 0.449 e. The molecule has 0 radical (unpaired) electrons. The maximum atomic E-state index is 13.1. The lowest BCUT2D eigenvalue weighted by atomic mass is 9.82. The Morgan fingerprint density at radius 1 is 1.04 bits per heavy atom. The van der Waals surface area contributed by atoms with E-state index in [9.17, 15) is 14.7 Å². The zero-order valence-corrected chi connectivity index (χ0v) is 31.4. The van der Waals surface area contributed by atoms with Gasteiger partial charge in [-0.1, -0.05) is 32.1 Å². The number of carbonyl (C=O) groups is 2. The molecule has 1 aliphatic carbocycles. The Kier molecular flexibility index (Phi) is 16.4. The van der Waals surface area contributed by atoms with Crippen molar-refractivity contribution in [3.05, 3.63) is 23.8 Å². The molecule has 7 atom stereocenters. The van der Waals surface area contributed by atoms with Gasteiger partial charge in [-0.15, -0.1) is 0 Å². The lowest BCUT2D eigenvalue weighted by Crippen LogP contribution is -2.47. The Balaban J connectivity index is 1.38. The summed E-state index contributed by atoms with van der Waals surface area (Å²) in [5.41, 5.74) is 0.822. The fourth-order valence-corrected chi connectivity index (χ4v) is 7.67. The van der Waals surface area contributed by atoms with E-state index in [1.54, 1.807) is 18.9 Å². The second-order valence-corrected chi connectivity index (χ2v) is 15.6. The maximum absolute atomic E-state index is 13.1. The summed E-state index contributed by atoms with van der Waals surface area (Å²) in [5.74, 6) is 1.17. The number of hydrogen-bond donors (Lipinski definition) is 2. The Hall–Kier alpha value is -1.98. The van der Waals surface area contributed by atoms with Crippen LogP contribution in [0.5, 0.6) is 0 Å². The molecule has 2 saturated heterocycles. The van der Waals surface area contributed by atoms with Crippen molar-refractivity contribution in [1.29, 1.82) is 0 Å². The van der Waals surface area contributed by atoms with Gasteiger partial charge in [0, 0.05) is 45.8 Å². The lowest BCUT2D eigenvalue weighted by Gasteiger charge is -2.36. The van der Waals surface area contributed by atoms with Crippen LogP contribution in [0.25, 0.3) is 0 Å². The van der Waals surface area contributed by atoms with Gasteiger partial charge in [0.15, 0.2) is 0 Å². The number of ether oxygens (including phenoxy) is 4. The number of allylic oxidation sites excluding steroid dienone is 3. The van der Waals surface area contributed by atoms with E-state index in [1.165, 1.54) is 5.57 Å². The van der Waals surface area contributed by atoms with Crippen LogP contribution in [0.1, 0.15) is 93.4 Å². The van der Waals surface area contributed by atoms with Crippen LogP contribution in [0.4, 0.5) is 4.79 Å². The first-order chi connectivity index (χ1) is 22.7. The van der Waals surface area contributed by atoms with Crippen molar-refractivity contribution in [3.63, 3.8) is 0 Å². The summed E-state index contributed by atoms with van der Waals surface area (Å²) in [5, 5.41) is 13.2. The van der Waals surface area contributed by atoms with Crippen LogP contribution in [-0.4, -0.2) is 117 Å². The predicted molar refractivity (Wildman–Crippen MR) is 190 cm³/mol. The van der Waals surface area contributed by atoms with Crippen molar-refractivity contribution >= 4 is 12.0 Å². The monoisotopic (exact) mass is 677 g/mol. The van der Waals surface area contributed by atoms with E-state index in [0.717, 1.165) is 71.1 Å². The van der Waals surface area contributed by atoms with E-state index in [0.29, 0.717) is 30.9 Å². The van der Waals surface area contributed by atoms with Gasteiger partial charge in [0.05, 0.1) is 36.6 Å². The molecule has 0 aromatic carbocycles. The first-order valence-electron chi connectivity index (χ1n) is 18.5. The van der Waals surface area contributed by atoms with Gasteiger partial charge in [-0.2, -0.15) is 0 Å². The quantitative estimate of drug-likeness (QED) is 0.216. The third-order valence-corrected chi connectivity index (χ3v) is 10.5. The standard InChI is InChI=1S/C38H67N3O7/c1-26(23-38(6,7)48-30(5)35(45-9)29(4)42)11-10-12-27(2)34-28(3)13-18-33(47-34)24-39-36(43)32-16-14-31(15-17-32)25-46-37(44)41-21-19-40(8)20-22-41/h10-12,26,28-35,42H,13-25H2,1-9H3,(H,39,43)/b11-10+,27-12+/t26-,28+,29-,30?,31-,32-,33-,34-,35+/m1/s1. The lowest BCUT2D eigenvalue weighted by molar-refractivity contribution is -0.149. The number of likely N-dealkylation sites (N-methyl/N-ethyl adjacent to an activating group) is 1. The number of rotatable bonds is 15. The summed E-state index contributed by atoms with van der Waals surface area (Å²) in [4.78, 5) is 29.5. The van der Waals surface area contributed by atoms with Gasteiger partial charge in [0.2, 0.25) is 5.91 Å². The van der Waals surface area contributed by atoms with Crippen molar-refractivity contribution in [2.24, 2.45) is 23.7 Å². The summed E-state index contributed by atoms with van der Waals surface area (Å²) in [6, 6.07) is 0. The van der Waals surface area contributed by atoms with Crippen molar-refractivity contribution in [2.45, 2.75) is 130 Å². The number of piperazine rings is 1. The highest BCUT2D eigenvalue weighted by Crippen LogP contribution is 2.31. The first-order valence-corrected chi connectivity index (χ1v) is 18.5. The number of nitrogens with one attached hydrogen (secondary N) is 1. The second-order valence-electron chi connectivity index (χ2n) is 15.6. The molecule has 3 rings (SSSR count). The number of methoxy groups -OCH3 is 1. The minimum atomic E-state index is -0.602. The smallest absolute Gasteiger partial charge is 0.409 e. The van der Waals surface area contributed by atoms with Gasteiger partial charge in [0.25, 0.3) is 0 Å². The van der Waals surface area contributed by atoms with E-state index in [4.69, 9.17) is 18.9 Å². The van der Waals surface area contributed by atoms with Crippen LogP contribution in [-0.2, 0) is 23.7 Å². The summed E-state index contributed by atoms with van der Waals surface area (Å²) in [6.45, 7) is 18.6. The first kappa shape index (κ1) is 40.4. The molecule has 2 amide bonds. The number of nitrogens with zero attached hydrogens (tertiary/aromatic N) is 2. The predicted octanol–water partition coefficient (Wildman–Crippen LogP) is 5.58. The third-order valence-electron chi connectivity index (χ3n) is 10.5. The van der Waals surface area contributed by atoms with Crippen LogP contribution in [0.15, 0.2) is 23.8 Å². The number of amides is 2. The average molecular weight is 678 g/mol. The topological polar surface area (TPSA) is 110 Å². The van der Waals surface area contributed by atoms with Crippen LogP contribution >= 0.6 is 0 Å². The number of hydrogen-bond acceptors (Lipinski definition) is 8. The zero-order valence-electron chi connectivity index (χ0n) is 31.4. The van der Waals surface area contributed by atoms with E-state index in [2.05, 4.69) is 70.1 Å². The zero-order chi connectivity index (χ0) is 35.4. The average Bonchev–Trinajstić information content (AvgIpc) is 3.03. The fraction of sp³-hybridized carbons (Fsp3) is 0.842. The fourth-order valence-electron chi connectivity index (χ4n) is 7.67. The molecular weight excluding hydrogens is 610 g/mol. The van der Waals surface area contributed by atoms with Crippen molar-refractivity contribution in [3.8, 4) is 0 Å². The van der Waals surface area contributed by atoms with E-state index in [-0.39, 0.29) is 47.9 Å². The molecule has 3 aliphatic rings. The highest BCUT2D eigenvalue weighted by molar-refractivity contribution is 5.78. The molecule has 10 nitrogen and oxygen atoms in total. The normalized spacial score (nSPS) is 28.9. The molecule has 276 valence electrons. The molecule has 1 unspecified atom stereocenters. The Morgan fingerprint density at radius 2 is 1.71 bits per heavy atom. The number of carbonyl (C=O) groups excluding carboxylic acids is 2. The Labute approximate surface area is 290 Å². The summed E-state index contributed by atoms with van der Waals surface area (Å²) in [7, 11) is 3.67. The summed E-state index contributed by atoms with van der Waals surface area (Å²) >= 11 is 0. The van der Waals surface area contributed by atoms with Crippen LogP contribution in [0.3, 0.4) is 0 Å². The van der Waals surface area contributed by atoms with Crippen molar-refractivity contribution in [2.75, 3.05) is 53.5 Å². The maximum Gasteiger partial charge on any atom is 0.409 e. The highest BCUT2D eigenvalue weighted by atomic mass is 16.6. The molecular formula is C38H67N3O7. The molecule has 0 aromatic rings. The SMILES string of the molecule is CO[C@H](C(C)OC(C)(C)C[C@H](C)/C=C/C=C(\C)[C@H]1O[C@@H](CNC(=O)[C@H]2CC[C@H](COC(=O)N3CCN(C)CC3)CC2)CC[C@@H]1C)[C@@H](C)O. The summed E-state index contributed by atoms with van der Waals surface area (Å²) in [6.07, 6.45) is 11.4. The molecule has 2 N–H and O–H groups in total.